The molecule has 0 unspecified atom stereocenters. The van der Waals surface area contributed by atoms with E-state index in [1.54, 1.807) is 13.8 Å². The van der Waals surface area contributed by atoms with Gasteiger partial charge in [0.15, 0.2) is 0 Å². The fourth-order valence-electron chi connectivity index (χ4n) is 3.02. The van der Waals surface area contributed by atoms with Crippen molar-refractivity contribution in [3.05, 3.63) is 29.3 Å². The molecule has 0 atom stereocenters. The van der Waals surface area contributed by atoms with Crippen molar-refractivity contribution in [2.24, 2.45) is 0 Å². The number of rotatable bonds is 12. The summed E-state index contributed by atoms with van der Waals surface area (Å²) >= 11 is 6.10. The van der Waals surface area contributed by atoms with Crippen molar-refractivity contribution in [1.82, 2.24) is 10.6 Å². The third-order valence-electron chi connectivity index (χ3n) is 4.72. The number of carbonyl (C=O) groups is 2. The van der Waals surface area contributed by atoms with E-state index in [1.807, 2.05) is 18.2 Å². The van der Waals surface area contributed by atoms with E-state index in [1.165, 1.54) is 0 Å². The maximum absolute atomic E-state index is 11.1. The lowest BCUT2D eigenvalue weighted by Gasteiger charge is -2.36. The van der Waals surface area contributed by atoms with E-state index in [-0.39, 0.29) is 11.8 Å². The van der Waals surface area contributed by atoms with Crippen LogP contribution >= 0.6 is 11.6 Å². The second kappa shape index (κ2) is 11.8. The van der Waals surface area contributed by atoms with Gasteiger partial charge in [0.2, 0.25) is 11.8 Å². The van der Waals surface area contributed by atoms with Gasteiger partial charge in [-0.15, -0.1) is 0 Å². The molecule has 2 N–H and O–H groups in total. The van der Waals surface area contributed by atoms with Gasteiger partial charge in [0.1, 0.15) is 0 Å². The molecule has 0 aliphatic rings. The van der Waals surface area contributed by atoms with Gasteiger partial charge in [-0.3, -0.25) is 9.59 Å². The zero-order chi connectivity index (χ0) is 20.3. The molecule has 0 fully saturated rings. The zero-order valence-electron chi connectivity index (χ0n) is 17.1. The summed E-state index contributed by atoms with van der Waals surface area (Å²) in [6, 6.07) is 7.87. The topological polar surface area (TPSA) is 61.4 Å². The third-order valence-corrected chi connectivity index (χ3v) is 4.96. The number of anilines is 1. The Morgan fingerprint density at radius 3 is 2.07 bits per heavy atom. The molecule has 1 rings (SSSR count). The Morgan fingerprint density at radius 2 is 1.59 bits per heavy atom. The van der Waals surface area contributed by atoms with Crippen LogP contribution in [0.25, 0.3) is 0 Å². The minimum Gasteiger partial charge on any atom is -0.369 e. The number of quaternary nitrogens is 1. The zero-order valence-corrected chi connectivity index (χ0v) is 17.8. The lowest BCUT2D eigenvalue weighted by Crippen LogP contribution is -2.50. The van der Waals surface area contributed by atoms with Gasteiger partial charge in [0.25, 0.3) is 0 Å². The lowest BCUT2D eigenvalue weighted by molar-refractivity contribution is -0.908. The van der Waals surface area contributed by atoms with Crippen molar-refractivity contribution in [2.75, 3.05) is 58.3 Å². The number of amides is 2. The predicted molar refractivity (Wildman–Crippen MR) is 112 cm³/mol. The van der Waals surface area contributed by atoms with Gasteiger partial charge >= 0.3 is 0 Å². The minimum absolute atomic E-state index is 0.00977. The molecule has 152 valence electrons. The molecule has 0 heterocycles. The van der Waals surface area contributed by atoms with Crippen LogP contribution in [0, 0.1) is 0 Å². The molecule has 7 heteroatoms. The van der Waals surface area contributed by atoms with Crippen LogP contribution < -0.4 is 15.5 Å². The summed E-state index contributed by atoms with van der Waals surface area (Å²) in [5.41, 5.74) is 1.10. The van der Waals surface area contributed by atoms with Crippen LogP contribution in [0.1, 0.15) is 26.7 Å². The van der Waals surface area contributed by atoms with Gasteiger partial charge in [-0.2, -0.15) is 0 Å². The molecule has 0 spiro atoms. The summed E-state index contributed by atoms with van der Waals surface area (Å²) in [7, 11) is 4.32. The quantitative estimate of drug-likeness (QED) is 0.420. The first kappa shape index (κ1) is 23.2. The Morgan fingerprint density at radius 1 is 1.04 bits per heavy atom. The molecular formula is C20H34ClN4O2+. The fraction of sp³-hybridized carbons (Fsp3) is 0.600. The molecule has 27 heavy (non-hydrogen) atoms. The Hall–Kier alpha value is -1.79. The lowest BCUT2D eigenvalue weighted by atomic mass is 10.2. The van der Waals surface area contributed by atoms with Gasteiger partial charge in [0, 0.05) is 57.5 Å². The molecule has 0 radical (unpaired) electrons. The highest BCUT2D eigenvalue weighted by Crippen LogP contribution is 2.18. The Kier molecular flexibility index (Phi) is 10.2. The van der Waals surface area contributed by atoms with Crippen molar-refractivity contribution >= 4 is 29.1 Å². The van der Waals surface area contributed by atoms with Gasteiger partial charge in [-0.05, 0) is 18.2 Å². The van der Waals surface area contributed by atoms with Crippen LogP contribution in [0.5, 0.6) is 0 Å². The van der Waals surface area contributed by atoms with Crippen molar-refractivity contribution in [3.8, 4) is 0 Å². The van der Waals surface area contributed by atoms with Crippen LogP contribution in [0.3, 0.4) is 0 Å². The highest BCUT2D eigenvalue weighted by molar-refractivity contribution is 6.30. The largest absolute Gasteiger partial charge is 0.369 e. The average Bonchev–Trinajstić information content (AvgIpc) is 2.60. The highest BCUT2D eigenvalue weighted by Gasteiger charge is 2.21. The number of hydrogen-bond acceptors (Lipinski definition) is 3. The summed E-state index contributed by atoms with van der Waals surface area (Å²) < 4.78 is 0.893. The second-order valence-corrected chi connectivity index (χ2v) is 7.80. The first-order valence-corrected chi connectivity index (χ1v) is 9.89. The molecule has 0 bridgehead atoms. The Labute approximate surface area is 168 Å². The highest BCUT2D eigenvalue weighted by atomic mass is 35.5. The van der Waals surface area contributed by atoms with Crippen LogP contribution in [0.4, 0.5) is 5.69 Å². The molecule has 1 aromatic carbocycles. The third kappa shape index (κ3) is 10.2. The van der Waals surface area contributed by atoms with Crippen molar-refractivity contribution < 1.29 is 14.1 Å². The van der Waals surface area contributed by atoms with Crippen molar-refractivity contribution in [3.63, 3.8) is 0 Å². The number of carbonyl (C=O) groups excluding carboxylic acids is 2. The molecule has 0 aliphatic heterocycles. The number of hydrogen-bond donors (Lipinski definition) is 2. The summed E-state index contributed by atoms with van der Waals surface area (Å²) in [4.78, 5) is 24.3. The Balaban J connectivity index is 2.59. The number of benzene rings is 1. The van der Waals surface area contributed by atoms with E-state index in [2.05, 4.69) is 35.7 Å². The van der Waals surface area contributed by atoms with Gasteiger partial charge < -0.3 is 20.0 Å². The maximum atomic E-state index is 11.1. The average molecular weight is 398 g/mol. The fourth-order valence-corrected chi connectivity index (χ4v) is 3.20. The second-order valence-electron chi connectivity index (χ2n) is 7.36. The molecule has 1 aromatic rings. The molecule has 6 nitrogen and oxygen atoms in total. The summed E-state index contributed by atoms with van der Waals surface area (Å²) in [5.74, 6) is 0.0195. The van der Waals surface area contributed by atoms with E-state index in [4.69, 9.17) is 11.6 Å². The standard InChI is InChI=1S/C20H33ClN4O2/c1-17(26)22-10-6-13-25(4,14-7-11-23-18(2)27)15-12-24(3)20-9-5-8-19(21)16-20/h5,8-9,16H,6-7,10-15H2,1-4H3,(H-,22,23,26,27)/p+1. The van der Waals surface area contributed by atoms with Crippen LogP contribution in [0.2, 0.25) is 5.02 Å². The molecule has 0 saturated heterocycles. The minimum atomic E-state index is 0.00977. The molecular weight excluding hydrogens is 364 g/mol. The maximum Gasteiger partial charge on any atom is 0.216 e. The van der Waals surface area contributed by atoms with E-state index >= 15 is 0 Å². The SMILES string of the molecule is CC(=O)NCCC[N+](C)(CCCNC(C)=O)CCN(C)c1cccc(Cl)c1. The molecule has 2 amide bonds. The van der Waals surface area contributed by atoms with Gasteiger partial charge in [0.05, 0.1) is 33.2 Å². The normalized spacial score (nSPS) is 11.1. The monoisotopic (exact) mass is 397 g/mol. The van der Waals surface area contributed by atoms with E-state index in [0.717, 1.165) is 54.2 Å². The number of likely N-dealkylation sites (N-methyl/N-ethyl adjacent to an activating group) is 2. The van der Waals surface area contributed by atoms with E-state index in [0.29, 0.717) is 13.1 Å². The van der Waals surface area contributed by atoms with Gasteiger partial charge in [-0.1, -0.05) is 17.7 Å². The first-order valence-electron chi connectivity index (χ1n) is 9.51. The van der Waals surface area contributed by atoms with Crippen molar-refractivity contribution in [1.29, 1.82) is 0 Å². The summed E-state index contributed by atoms with van der Waals surface area (Å²) in [6.07, 6.45) is 1.86. The van der Waals surface area contributed by atoms with Crippen LogP contribution in [0.15, 0.2) is 24.3 Å². The first-order chi connectivity index (χ1) is 12.7. The number of nitrogens with one attached hydrogen (secondary N) is 2. The predicted octanol–water partition coefficient (Wildman–Crippen LogP) is 2.28. The van der Waals surface area contributed by atoms with Crippen molar-refractivity contribution in [2.45, 2.75) is 26.7 Å². The van der Waals surface area contributed by atoms with E-state index in [9.17, 15) is 9.59 Å². The number of nitrogens with zero attached hydrogens (tertiary/aromatic N) is 2. The van der Waals surface area contributed by atoms with E-state index < -0.39 is 0 Å². The summed E-state index contributed by atoms with van der Waals surface area (Å²) in [6.45, 7) is 8.30. The number of halogens is 1. The smallest absolute Gasteiger partial charge is 0.216 e. The molecule has 0 aliphatic carbocycles. The van der Waals surface area contributed by atoms with Crippen LogP contribution in [-0.2, 0) is 9.59 Å². The molecule has 0 saturated carbocycles. The van der Waals surface area contributed by atoms with Crippen LogP contribution in [-0.4, -0.2) is 69.7 Å². The summed E-state index contributed by atoms with van der Waals surface area (Å²) in [5, 5.41) is 6.47. The Bertz CT molecular complexity index is 587. The van der Waals surface area contributed by atoms with Gasteiger partial charge in [-0.25, -0.2) is 0 Å². The molecule has 0 aromatic heterocycles.